The number of aromatic nitrogens is 1. The smallest absolute Gasteiger partial charge is 0.257 e. The van der Waals surface area contributed by atoms with E-state index in [2.05, 4.69) is 25.7 Å². The molecule has 1 aromatic heterocycles. The zero-order valence-corrected chi connectivity index (χ0v) is 12.9. The molecule has 5 heteroatoms. The van der Waals surface area contributed by atoms with Crippen molar-refractivity contribution < 1.29 is 4.79 Å². The molecule has 0 saturated carbocycles. The van der Waals surface area contributed by atoms with Crippen LogP contribution >= 0.6 is 0 Å². The average molecular weight is 299 g/mol. The highest BCUT2D eigenvalue weighted by Gasteiger charge is 2.16. The van der Waals surface area contributed by atoms with Crippen molar-refractivity contribution in [2.75, 3.05) is 12.3 Å². The number of anilines is 1. The minimum atomic E-state index is -0.410. The summed E-state index contributed by atoms with van der Waals surface area (Å²) < 4.78 is 1.92. The number of rotatable bonds is 5. The van der Waals surface area contributed by atoms with Crippen LogP contribution in [0.15, 0.2) is 41.8 Å². The molecule has 0 aliphatic heterocycles. The third kappa shape index (κ3) is 3.03. The van der Waals surface area contributed by atoms with Crippen molar-refractivity contribution in [2.24, 2.45) is 5.92 Å². The fourth-order valence-corrected chi connectivity index (χ4v) is 2.43. The molecule has 0 spiro atoms. The standard InChI is InChI=1S/C17H21N3O2/c1-4-8-19-17(22)12-10-20(9-11(2)3)14-7-5-6-13(18)15(14)16(12)21/h4-7,10-11H,1,8-9,18H2,2-3H3,(H,19,22). The van der Waals surface area contributed by atoms with E-state index in [1.165, 1.54) is 0 Å². The van der Waals surface area contributed by atoms with E-state index in [9.17, 15) is 9.59 Å². The van der Waals surface area contributed by atoms with Crippen LogP contribution in [0, 0.1) is 5.92 Å². The maximum absolute atomic E-state index is 12.6. The molecule has 0 radical (unpaired) electrons. The molecule has 0 saturated heterocycles. The largest absolute Gasteiger partial charge is 0.398 e. The summed E-state index contributed by atoms with van der Waals surface area (Å²) in [5.74, 6) is -0.0382. The molecular weight excluding hydrogens is 278 g/mol. The lowest BCUT2D eigenvalue weighted by Crippen LogP contribution is -2.30. The summed E-state index contributed by atoms with van der Waals surface area (Å²) >= 11 is 0. The Bertz CT molecular complexity index is 775. The molecule has 0 atom stereocenters. The van der Waals surface area contributed by atoms with Crippen LogP contribution in [0.2, 0.25) is 0 Å². The first-order valence-electron chi connectivity index (χ1n) is 7.26. The predicted molar refractivity (Wildman–Crippen MR) is 90.0 cm³/mol. The molecule has 5 nitrogen and oxygen atoms in total. The molecule has 1 aromatic carbocycles. The molecule has 2 rings (SSSR count). The van der Waals surface area contributed by atoms with E-state index >= 15 is 0 Å². The van der Waals surface area contributed by atoms with Gasteiger partial charge >= 0.3 is 0 Å². The number of nitrogens with zero attached hydrogens (tertiary/aromatic N) is 1. The van der Waals surface area contributed by atoms with Crippen LogP contribution in [0.3, 0.4) is 0 Å². The van der Waals surface area contributed by atoms with Crippen LogP contribution in [0.5, 0.6) is 0 Å². The topological polar surface area (TPSA) is 77.1 Å². The zero-order valence-electron chi connectivity index (χ0n) is 12.9. The Hall–Kier alpha value is -2.56. The summed E-state index contributed by atoms with van der Waals surface area (Å²) in [6.45, 7) is 8.71. The van der Waals surface area contributed by atoms with Gasteiger partial charge in [-0.1, -0.05) is 26.0 Å². The second kappa shape index (κ2) is 6.47. The summed E-state index contributed by atoms with van der Waals surface area (Å²) in [6.07, 6.45) is 3.18. The number of nitrogen functional groups attached to an aromatic ring is 1. The molecule has 3 N–H and O–H groups in total. The SMILES string of the molecule is C=CCNC(=O)c1cn(CC(C)C)c2cccc(N)c2c1=O. The highest BCUT2D eigenvalue weighted by molar-refractivity contribution is 6.00. The number of hydrogen-bond acceptors (Lipinski definition) is 3. The van der Waals surface area contributed by atoms with E-state index < -0.39 is 5.91 Å². The van der Waals surface area contributed by atoms with Gasteiger partial charge in [0, 0.05) is 25.0 Å². The van der Waals surface area contributed by atoms with E-state index in [-0.39, 0.29) is 11.0 Å². The van der Waals surface area contributed by atoms with Crippen molar-refractivity contribution in [1.82, 2.24) is 9.88 Å². The Balaban J connectivity index is 2.70. The normalized spacial score (nSPS) is 10.9. The number of amides is 1. The minimum absolute atomic E-state index is 0.105. The van der Waals surface area contributed by atoms with Gasteiger partial charge in [0.15, 0.2) is 0 Å². The first-order chi connectivity index (χ1) is 10.5. The summed E-state index contributed by atoms with van der Waals surface area (Å²) in [6, 6.07) is 5.33. The van der Waals surface area contributed by atoms with E-state index in [1.54, 1.807) is 18.3 Å². The minimum Gasteiger partial charge on any atom is -0.398 e. The molecular formula is C17H21N3O2. The molecule has 1 amide bonds. The van der Waals surface area contributed by atoms with Gasteiger partial charge in [-0.3, -0.25) is 9.59 Å². The highest BCUT2D eigenvalue weighted by Crippen LogP contribution is 2.19. The third-order valence-corrected chi connectivity index (χ3v) is 3.35. The van der Waals surface area contributed by atoms with Gasteiger partial charge in [-0.05, 0) is 18.1 Å². The Kier molecular flexibility index (Phi) is 4.65. The first-order valence-corrected chi connectivity index (χ1v) is 7.26. The number of pyridine rings is 1. The summed E-state index contributed by atoms with van der Waals surface area (Å²) in [5, 5.41) is 3.04. The number of nitrogens with one attached hydrogen (secondary N) is 1. The monoisotopic (exact) mass is 299 g/mol. The molecule has 0 aliphatic carbocycles. The molecule has 2 aromatic rings. The highest BCUT2D eigenvalue weighted by atomic mass is 16.2. The van der Waals surface area contributed by atoms with E-state index in [1.807, 2.05) is 16.7 Å². The van der Waals surface area contributed by atoms with E-state index in [0.29, 0.717) is 30.1 Å². The molecule has 22 heavy (non-hydrogen) atoms. The van der Waals surface area contributed by atoms with Crippen molar-refractivity contribution in [2.45, 2.75) is 20.4 Å². The molecule has 0 aliphatic rings. The average Bonchev–Trinajstić information content (AvgIpc) is 2.47. The van der Waals surface area contributed by atoms with Gasteiger partial charge in [-0.25, -0.2) is 0 Å². The van der Waals surface area contributed by atoms with Crippen LogP contribution in [0.1, 0.15) is 24.2 Å². The van der Waals surface area contributed by atoms with Crippen molar-refractivity contribution >= 4 is 22.5 Å². The van der Waals surface area contributed by atoms with Gasteiger partial charge in [-0.2, -0.15) is 0 Å². The quantitative estimate of drug-likeness (QED) is 0.656. The fourth-order valence-electron chi connectivity index (χ4n) is 2.43. The predicted octanol–water partition coefficient (Wildman–Crippen LogP) is 2.16. The van der Waals surface area contributed by atoms with Crippen LogP contribution in [0.25, 0.3) is 10.9 Å². The fraction of sp³-hybridized carbons (Fsp3) is 0.294. The molecule has 0 fully saturated rings. The van der Waals surface area contributed by atoms with E-state index in [4.69, 9.17) is 5.73 Å². The summed E-state index contributed by atoms with van der Waals surface area (Å²) in [5.41, 5.74) is 6.87. The first kappa shape index (κ1) is 15.8. The summed E-state index contributed by atoms with van der Waals surface area (Å²) in [4.78, 5) is 24.8. The molecule has 0 unspecified atom stereocenters. The number of carbonyl (C=O) groups is 1. The van der Waals surface area contributed by atoms with Crippen molar-refractivity contribution in [1.29, 1.82) is 0 Å². The lowest BCUT2D eigenvalue weighted by molar-refractivity contribution is 0.0956. The Labute approximate surface area is 129 Å². The lowest BCUT2D eigenvalue weighted by atomic mass is 10.1. The maximum Gasteiger partial charge on any atom is 0.257 e. The van der Waals surface area contributed by atoms with E-state index in [0.717, 1.165) is 5.52 Å². The molecule has 1 heterocycles. The van der Waals surface area contributed by atoms with Crippen molar-refractivity contribution in [3.8, 4) is 0 Å². The molecule has 0 bridgehead atoms. The van der Waals surface area contributed by atoms with Crippen LogP contribution in [0.4, 0.5) is 5.69 Å². The zero-order chi connectivity index (χ0) is 16.3. The molecule has 116 valence electrons. The maximum atomic E-state index is 12.6. The van der Waals surface area contributed by atoms with Crippen molar-refractivity contribution in [3.05, 3.63) is 52.8 Å². The van der Waals surface area contributed by atoms with Gasteiger partial charge in [0.05, 0.1) is 10.9 Å². The van der Waals surface area contributed by atoms with Gasteiger partial charge in [-0.15, -0.1) is 6.58 Å². The number of nitrogens with two attached hydrogens (primary N) is 1. The lowest BCUT2D eigenvalue weighted by Gasteiger charge is -2.16. The summed E-state index contributed by atoms with van der Waals surface area (Å²) in [7, 11) is 0. The van der Waals surface area contributed by atoms with Gasteiger partial charge < -0.3 is 15.6 Å². The van der Waals surface area contributed by atoms with Gasteiger partial charge in [0.2, 0.25) is 5.43 Å². The van der Waals surface area contributed by atoms with Gasteiger partial charge in [0.25, 0.3) is 5.91 Å². The Morgan fingerprint density at radius 3 is 2.82 bits per heavy atom. The number of benzene rings is 1. The number of hydrogen-bond donors (Lipinski definition) is 2. The Morgan fingerprint density at radius 1 is 1.45 bits per heavy atom. The van der Waals surface area contributed by atoms with Crippen LogP contribution < -0.4 is 16.5 Å². The second-order valence-corrected chi connectivity index (χ2v) is 5.66. The van der Waals surface area contributed by atoms with Gasteiger partial charge in [0.1, 0.15) is 5.56 Å². The van der Waals surface area contributed by atoms with Crippen LogP contribution in [-0.4, -0.2) is 17.0 Å². The third-order valence-electron chi connectivity index (χ3n) is 3.35. The Morgan fingerprint density at radius 2 is 2.18 bits per heavy atom. The second-order valence-electron chi connectivity index (χ2n) is 5.66. The van der Waals surface area contributed by atoms with Crippen LogP contribution in [-0.2, 0) is 6.54 Å². The van der Waals surface area contributed by atoms with Crippen molar-refractivity contribution in [3.63, 3.8) is 0 Å². The number of carbonyl (C=O) groups excluding carboxylic acids is 1. The number of fused-ring (bicyclic) bond motifs is 1.